The van der Waals surface area contributed by atoms with Gasteiger partial charge in [0.15, 0.2) is 0 Å². The maximum absolute atomic E-state index is 3.71. The number of hydrogen-bond donors (Lipinski definition) is 1. The number of fused-ring (bicyclic) bond motifs is 6. The van der Waals surface area contributed by atoms with Gasteiger partial charge in [0, 0.05) is 28.3 Å². The monoisotopic (exact) mass is 700 g/mol. The third kappa shape index (κ3) is 4.75. The van der Waals surface area contributed by atoms with Gasteiger partial charge in [-0.25, -0.2) is 0 Å². The van der Waals surface area contributed by atoms with E-state index in [-0.39, 0.29) is 0 Å². The van der Waals surface area contributed by atoms with Crippen LogP contribution in [0.5, 0.6) is 0 Å². The van der Waals surface area contributed by atoms with Crippen LogP contribution in [0.3, 0.4) is 0 Å². The molecule has 0 aromatic heterocycles. The Morgan fingerprint density at radius 3 is 1.65 bits per heavy atom. The molecule has 0 saturated heterocycles. The minimum atomic E-state index is -0.570. The van der Waals surface area contributed by atoms with Crippen molar-refractivity contribution in [1.82, 2.24) is 0 Å². The predicted octanol–water partition coefficient (Wildman–Crippen LogP) is 14.1. The molecule has 0 aliphatic heterocycles. The first-order chi connectivity index (χ1) is 27.3. The van der Waals surface area contributed by atoms with Crippen molar-refractivity contribution >= 4 is 39.2 Å². The van der Waals surface area contributed by atoms with E-state index in [1.54, 1.807) is 0 Å². The number of para-hydroxylation sites is 2. The standard InChI is InChI=1S/C53H36N2/c1-5-17-37(18-6-1)53(38-19-7-2-8-20-38)48-34-40(54-39-21-9-3-10-22-39)29-31-44(48)45-32-30-42(35-49(45)53)55(41-23-11-4-12-24-41)50-33-28-36-16-15-27-46-43-25-13-14-26-47(43)52(50)51(36)46/h1-35,54H. The first kappa shape index (κ1) is 31.4. The predicted molar refractivity (Wildman–Crippen MR) is 230 cm³/mol. The zero-order chi connectivity index (χ0) is 36.3. The lowest BCUT2D eigenvalue weighted by molar-refractivity contribution is 0.769. The molecule has 2 aliphatic carbocycles. The maximum Gasteiger partial charge on any atom is 0.0715 e. The van der Waals surface area contributed by atoms with Crippen molar-refractivity contribution in [2.45, 2.75) is 5.41 Å². The molecule has 0 radical (unpaired) electrons. The third-order valence-corrected chi connectivity index (χ3v) is 11.6. The lowest BCUT2D eigenvalue weighted by Crippen LogP contribution is -2.29. The van der Waals surface area contributed by atoms with Gasteiger partial charge in [-0.05, 0) is 115 Å². The molecule has 0 bridgehead atoms. The quantitative estimate of drug-likeness (QED) is 0.178. The second kappa shape index (κ2) is 12.5. The highest BCUT2D eigenvalue weighted by atomic mass is 15.1. The SMILES string of the molecule is c1ccc(Nc2ccc3c(c2)C(c2ccccc2)(c2ccccc2)c2cc(N(c4ccccc4)c4ccc5cccc6c5c4-c4ccccc4-6)ccc2-3)cc1. The molecule has 2 nitrogen and oxygen atoms in total. The van der Waals surface area contributed by atoms with Gasteiger partial charge in [-0.1, -0.05) is 158 Å². The van der Waals surface area contributed by atoms with Gasteiger partial charge in [-0.2, -0.15) is 0 Å². The molecule has 0 atom stereocenters. The summed E-state index contributed by atoms with van der Waals surface area (Å²) in [7, 11) is 0. The lowest BCUT2D eigenvalue weighted by Gasteiger charge is -2.35. The molecule has 9 aromatic carbocycles. The molecule has 11 rings (SSSR count). The Kier molecular flexibility index (Phi) is 7.11. The molecule has 0 fully saturated rings. The maximum atomic E-state index is 3.71. The van der Waals surface area contributed by atoms with Gasteiger partial charge in [-0.3, -0.25) is 0 Å². The second-order valence-corrected chi connectivity index (χ2v) is 14.5. The van der Waals surface area contributed by atoms with Crippen LogP contribution < -0.4 is 10.2 Å². The molecule has 0 saturated carbocycles. The van der Waals surface area contributed by atoms with E-state index in [9.17, 15) is 0 Å². The topological polar surface area (TPSA) is 15.3 Å². The van der Waals surface area contributed by atoms with E-state index in [1.165, 1.54) is 72.1 Å². The minimum Gasteiger partial charge on any atom is -0.356 e. The fraction of sp³-hybridized carbons (Fsp3) is 0.0189. The fourth-order valence-corrected chi connectivity index (χ4v) is 9.37. The van der Waals surface area contributed by atoms with E-state index >= 15 is 0 Å². The molecule has 1 N–H and O–H groups in total. The van der Waals surface area contributed by atoms with Gasteiger partial charge in [0.25, 0.3) is 0 Å². The van der Waals surface area contributed by atoms with Crippen LogP contribution in [-0.4, -0.2) is 0 Å². The molecule has 258 valence electrons. The molecular weight excluding hydrogens is 665 g/mol. The Balaban J connectivity index is 1.19. The van der Waals surface area contributed by atoms with Crippen LogP contribution in [0.25, 0.3) is 44.2 Å². The number of nitrogens with zero attached hydrogens (tertiary/aromatic N) is 1. The average Bonchev–Trinajstić information content (AvgIpc) is 3.74. The molecule has 2 aliphatic rings. The number of benzene rings is 9. The van der Waals surface area contributed by atoms with Crippen molar-refractivity contribution in [3.8, 4) is 33.4 Å². The van der Waals surface area contributed by atoms with E-state index in [2.05, 4.69) is 223 Å². The Morgan fingerprint density at radius 1 is 0.364 bits per heavy atom. The van der Waals surface area contributed by atoms with Gasteiger partial charge in [0.1, 0.15) is 0 Å². The summed E-state index contributed by atoms with van der Waals surface area (Å²) in [6, 6.07) is 77.7. The number of anilines is 5. The van der Waals surface area contributed by atoms with Crippen LogP contribution in [0, 0.1) is 0 Å². The van der Waals surface area contributed by atoms with E-state index in [0.717, 1.165) is 22.7 Å². The summed E-state index contributed by atoms with van der Waals surface area (Å²) < 4.78 is 0. The average molecular weight is 701 g/mol. The third-order valence-electron chi connectivity index (χ3n) is 11.6. The van der Waals surface area contributed by atoms with Crippen LogP contribution >= 0.6 is 0 Å². The van der Waals surface area contributed by atoms with E-state index in [1.807, 2.05) is 0 Å². The van der Waals surface area contributed by atoms with Gasteiger partial charge >= 0.3 is 0 Å². The first-order valence-corrected chi connectivity index (χ1v) is 19.0. The molecule has 2 heteroatoms. The summed E-state index contributed by atoms with van der Waals surface area (Å²) in [4.78, 5) is 2.47. The van der Waals surface area contributed by atoms with Crippen molar-refractivity contribution in [2.24, 2.45) is 0 Å². The summed E-state index contributed by atoms with van der Waals surface area (Å²) in [5.41, 5.74) is 17.7. The zero-order valence-corrected chi connectivity index (χ0v) is 30.2. The van der Waals surface area contributed by atoms with E-state index in [4.69, 9.17) is 0 Å². The summed E-state index contributed by atoms with van der Waals surface area (Å²) in [5, 5.41) is 6.28. The highest BCUT2D eigenvalue weighted by Gasteiger charge is 2.46. The minimum absolute atomic E-state index is 0.570. The number of rotatable bonds is 7. The van der Waals surface area contributed by atoms with Crippen LogP contribution in [0.4, 0.5) is 28.4 Å². The Bertz CT molecular complexity index is 2840. The van der Waals surface area contributed by atoms with Gasteiger partial charge < -0.3 is 10.2 Å². The zero-order valence-electron chi connectivity index (χ0n) is 30.2. The van der Waals surface area contributed by atoms with Gasteiger partial charge in [0.2, 0.25) is 0 Å². The summed E-state index contributed by atoms with van der Waals surface area (Å²) in [6.07, 6.45) is 0. The molecule has 9 aromatic rings. The number of nitrogens with one attached hydrogen (secondary N) is 1. The fourth-order valence-electron chi connectivity index (χ4n) is 9.37. The van der Waals surface area contributed by atoms with Crippen LogP contribution in [0.15, 0.2) is 212 Å². The largest absolute Gasteiger partial charge is 0.356 e. The Morgan fingerprint density at radius 2 is 0.945 bits per heavy atom. The smallest absolute Gasteiger partial charge is 0.0715 e. The van der Waals surface area contributed by atoms with Crippen molar-refractivity contribution in [3.63, 3.8) is 0 Å². The highest BCUT2D eigenvalue weighted by Crippen LogP contribution is 2.59. The molecule has 55 heavy (non-hydrogen) atoms. The molecular formula is C53H36N2. The van der Waals surface area contributed by atoms with Crippen molar-refractivity contribution < 1.29 is 0 Å². The van der Waals surface area contributed by atoms with Gasteiger partial charge in [-0.15, -0.1) is 0 Å². The lowest BCUT2D eigenvalue weighted by atomic mass is 9.67. The Hall–Kier alpha value is -7.16. The molecule has 0 amide bonds. The molecule has 0 spiro atoms. The summed E-state index contributed by atoms with van der Waals surface area (Å²) in [6.45, 7) is 0. The van der Waals surface area contributed by atoms with E-state index in [0.29, 0.717) is 0 Å². The molecule has 0 unspecified atom stereocenters. The van der Waals surface area contributed by atoms with Crippen molar-refractivity contribution in [3.05, 3.63) is 235 Å². The summed E-state index contributed by atoms with van der Waals surface area (Å²) >= 11 is 0. The highest BCUT2D eigenvalue weighted by molar-refractivity contribution is 6.19. The molecule has 0 heterocycles. The van der Waals surface area contributed by atoms with Crippen molar-refractivity contribution in [1.29, 1.82) is 0 Å². The van der Waals surface area contributed by atoms with E-state index < -0.39 is 5.41 Å². The number of hydrogen-bond acceptors (Lipinski definition) is 2. The Labute approximate surface area is 321 Å². The summed E-state index contributed by atoms with van der Waals surface area (Å²) in [5.74, 6) is 0. The van der Waals surface area contributed by atoms with Crippen molar-refractivity contribution in [2.75, 3.05) is 10.2 Å². The first-order valence-electron chi connectivity index (χ1n) is 19.0. The van der Waals surface area contributed by atoms with Crippen LogP contribution in [0.2, 0.25) is 0 Å². The van der Waals surface area contributed by atoms with Crippen LogP contribution in [0.1, 0.15) is 22.3 Å². The second-order valence-electron chi connectivity index (χ2n) is 14.5. The van der Waals surface area contributed by atoms with Crippen LogP contribution in [-0.2, 0) is 5.41 Å². The van der Waals surface area contributed by atoms with Gasteiger partial charge in [0.05, 0.1) is 11.1 Å². The normalized spacial score (nSPS) is 12.9.